The van der Waals surface area contributed by atoms with Crippen LogP contribution in [0.15, 0.2) is 0 Å². The van der Waals surface area contributed by atoms with Crippen molar-refractivity contribution in [1.29, 1.82) is 0 Å². The Balaban J connectivity index is 2.17. The maximum absolute atomic E-state index is 6.42. The lowest BCUT2D eigenvalue weighted by Crippen LogP contribution is -2.16. The third kappa shape index (κ3) is 2.59. The molecule has 0 aliphatic heterocycles. The van der Waals surface area contributed by atoms with E-state index in [0.29, 0.717) is 6.04 Å². The molecule has 1 saturated carbocycles. The Bertz CT molecular complexity index is 636. The summed E-state index contributed by atoms with van der Waals surface area (Å²) >= 11 is 6.42. The Morgan fingerprint density at radius 2 is 2.05 bits per heavy atom. The zero-order chi connectivity index (χ0) is 15.1. The van der Waals surface area contributed by atoms with Crippen molar-refractivity contribution in [2.24, 2.45) is 5.92 Å². The molecule has 21 heavy (non-hydrogen) atoms. The van der Waals surface area contributed by atoms with Crippen molar-refractivity contribution in [3.05, 3.63) is 11.5 Å². The zero-order valence-corrected chi connectivity index (χ0v) is 14.2. The van der Waals surface area contributed by atoms with Crippen molar-refractivity contribution in [2.45, 2.75) is 71.3 Å². The Labute approximate surface area is 131 Å². The summed E-state index contributed by atoms with van der Waals surface area (Å²) < 4.78 is 4.46. The average molecular weight is 309 g/mol. The second-order valence-corrected chi connectivity index (χ2v) is 6.93. The lowest BCUT2D eigenvalue weighted by atomic mass is 10.1. The molecule has 1 aliphatic carbocycles. The molecule has 0 radical (unpaired) electrons. The van der Waals surface area contributed by atoms with E-state index in [1.54, 1.807) is 0 Å². The van der Waals surface area contributed by atoms with E-state index in [2.05, 4.69) is 28.2 Å². The fraction of sp³-hybridized carbons (Fsp3) is 0.750. The van der Waals surface area contributed by atoms with Gasteiger partial charge in [-0.15, -0.1) is 11.6 Å². The van der Waals surface area contributed by atoms with Crippen LogP contribution < -0.4 is 0 Å². The molecule has 1 fully saturated rings. The molecule has 3 rings (SSSR count). The molecule has 0 spiro atoms. The first kappa shape index (κ1) is 14.9. The fourth-order valence-electron chi connectivity index (χ4n) is 3.26. The molecule has 2 atom stereocenters. The van der Waals surface area contributed by atoms with E-state index in [1.165, 1.54) is 19.3 Å². The monoisotopic (exact) mass is 308 g/mol. The largest absolute Gasteiger partial charge is 0.309 e. The molecule has 0 amide bonds. The van der Waals surface area contributed by atoms with Gasteiger partial charge in [0.15, 0.2) is 5.65 Å². The number of imidazole rings is 1. The number of halogens is 1. The number of aryl methyl sites for hydroxylation is 2. The van der Waals surface area contributed by atoms with Crippen LogP contribution in [0.4, 0.5) is 0 Å². The lowest BCUT2D eigenvalue weighted by molar-refractivity contribution is 0.417. The molecule has 0 aromatic carbocycles. The van der Waals surface area contributed by atoms with Gasteiger partial charge in [-0.2, -0.15) is 5.10 Å². The van der Waals surface area contributed by atoms with E-state index in [4.69, 9.17) is 16.6 Å². The van der Waals surface area contributed by atoms with Crippen molar-refractivity contribution >= 4 is 22.8 Å². The minimum atomic E-state index is -0.0737. The van der Waals surface area contributed by atoms with Gasteiger partial charge in [-0.05, 0) is 39.5 Å². The van der Waals surface area contributed by atoms with E-state index >= 15 is 0 Å². The number of hydrogen-bond acceptors (Lipinski definition) is 2. The summed E-state index contributed by atoms with van der Waals surface area (Å²) in [5.41, 5.74) is 3.18. The van der Waals surface area contributed by atoms with Crippen molar-refractivity contribution in [3.8, 4) is 0 Å². The highest BCUT2D eigenvalue weighted by atomic mass is 35.5. The number of fused-ring (bicyclic) bond motifs is 1. The predicted molar refractivity (Wildman–Crippen MR) is 86.9 cm³/mol. The molecule has 2 aromatic heterocycles. The first-order valence-electron chi connectivity index (χ1n) is 8.16. The number of aromatic nitrogens is 4. The highest BCUT2D eigenvalue weighted by Gasteiger charge is 2.30. The maximum Gasteiger partial charge on any atom is 0.159 e. The van der Waals surface area contributed by atoms with Gasteiger partial charge in [-0.25, -0.2) is 9.67 Å². The van der Waals surface area contributed by atoms with Gasteiger partial charge in [-0.1, -0.05) is 19.8 Å². The molecule has 0 saturated heterocycles. The summed E-state index contributed by atoms with van der Waals surface area (Å²) in [7, 11) is 0. The number of alkyl halides is 1. The van der Waals surface area contributed by atoms with Gasteiger partial charge in [-0.3, -0.25) is 0 Å². The molecule has 2 heterocycles. The molecular formula is C16H25ClN4. The number of nitrogens with zero attached hydrogens (tertiary/aromatic N) is 4. The van der Waals surface area contributed by atoms with Gasteiger partial charge in [0.1, 0.15) is 11.3 Å². The number of hydrogen-bond donors (Lipinski definition) is 0. The third-order valence-electron chi connectivity index (χ3n) is 4.57. The van der Waals surface area contributed by atoms with Crippen LogP contribution in [0.3, 0.4) is 0 Å². The van der Waals surface area contributed by atoms with E-state index in [9.17, 15) is 0 Å². The zero-order valence-electron chi connectivity index (χ0n) is 13.4. The Morgan fingerprint density at radius 1 is 1.33 bits per heavy atom. The van der Waals surface area contributed by atoms with E-state index in [-0.39, 0.29) is 5.38 Å². The molecule has 0 N–H and O–H groups in total. The van der Waals surface area contributed by atoms with Gasteiger partial charge in [0, 0.05) is 12.6 Å². The van der Waals surface area contributed by atoms with Gasteiger partial charge in [0.25, 0.3) is 0 Å². The third-order valence-corrected chi connectivity index (χ3v) is 4.76. The Morgan fingerprint density at radius 3 is 2.57 bits per heavy atom. The van der Waals surface area contributed by atoms with Crippen LogP contribution in [-0.4, -0.2) is 19.3 Å². The van der Waals surface area contributed by atoms with Crippen LogP contribution in [0.2, 0.25) is 0 Å². The Hall–Kier alpha value is -1.03. The number of rotatable bonds is 6. The van der Waals surface area contributed by atoms with Gasteiger partial charge in [0.2, 0.25) is 0 Å². The van der Waals surface area contributed by atoms with E-state index in [1.807, 2.05) is 13.8 Å². The summed E-state index contributed by atoms with van der Waals surface area (Å²) in [4.78, 5) is 4.82. The first-order chi connectivity index (χ1) is 10.1. The molecule has 4 nitrogen and oxygen atoms in total. The van der Waals surface area contributed by atoms with Crippen LogP contribution in [0.1, 0.15) is 69.4 Å². The summed E-state index contributed by atoms with van der Waals surface area (Å²) in [6.07, 6.45) is 5.12. The first-order valence-corrected chi connectivity index (χ1v) is 8.59. The minimum absolute atomic E-state index is 0.0737. The summed E-state index contributed by atoms with van der Waals surface area (Å²) in [5, 5.41) is 4.56. The van der Waals surface area contributed by atoms with Crippen molar-refractivity contribution in [1.82, 2.24) is 19.3 Å². The van der Waals surface area contributed by atoms with Crippen LogP contribution in [0, 0.1) is 12.8 Å². The van der Waals surface area contributed by atoms with Gasteiger partial charge >= 0.3 is 0 Å². The minimum Gasteiger partial charge on any atom is -0.309 e. The van der Waals surface area contributed by atoms with Crippen molar-refractivity contribution in [3.63, 3.8) is 0 Å². The van der Waals surface area contributed by atoms with Crippen LogP contribution >= 0.6 is 11.6 Å². The standard InChI is InChI=1S/C16H25ClN4/c1-5-13(9-12-7-8-12)21-15(10(3)17)18-14-11(4)19-20(6-2)16(14)21/h10,12-13H,5-9H2,1-4H3. The summed E-state index contributed by atoms with van der Waals surface area (Å²) in [6, 6.07) is 0.486. The highest BCUT2D eigenvalue weighted by Crippen LogP contribution is 2.40. The fourth-order valence-corrected chi connectivity index (χ4v) is 3.41. The van der Waals surface area contributed by atoms with Crippen molar-refractivity contribution in [2.75, 3.05) is 0 Å². The van der Waals surface area contributed by atoms with Crippen molar-refractivity contribution < 1.29 is 0 Å². The maximum atomic E-state index is 6.42. The SMILES string of the molecule is CCC(CC1CC1)n1c(C(C)Cl)nc2c(C)nn(CC)c21. The second-order valence-electron chi connectivity index (χ2n) is 6.27. The normalized spacial score (nSPS) is 18.3. The van der Waals surface area contributed by atoms with Crippen LogP contribution in [0.5, 0.6) is 0 Å². The molecule has 5 heteroatoms. The summed E-state index contributed by atoms with van der Waals surface area (Å²) in [5.74, 6) is 1.90. The van der Waals surface area contributed by atoms with E-state index in [0.717, 1.165) is 41.6 Å². The lowest BCUT2D eigenvalue weighted by Gasteiger charge is -2.21. The predicted octanol–water partition coefficient (Wildman–Crippen LogP) is 4.61. The van der Waals surface area contributed by atoms with Gasteiger partial charge in [0.05, 0.1) is 11.1 Å². The van der Waals surface area contributed by atoms with Gasteiger partial charge < -0.3 is 4.57 Å². The van der Waals surface area contributed by atoms with E-state index < -0.39 is 0 Å². The van der Waals surface area contributed by atoms with Crippen LogP contribution in [0.25, 0.3) is 11.2 Å². The second kappa shape index (κ2) is 5.64. The molecule has 1 aliphatic rings. The smallest absolute Gasteiger partial charge is 0.159 e. The molecular weight excluding hydrogens is 284 g/mol. The quantitative estimate of drug-likeness (QED) is 0.730. The highest BCUT2D eigenvalue weighted by molar-refractivity contribution is 6.20. The average Bonchev–Trinajstić information content (AvgIpc) is 3.10. The van der Waals surface area contributed by atoms with Crippen LogP contribution in [-0.2, 0) is 6.54 Å². The molecule has 116 valence electrons. The molecule has 2 aromatic rings. The molecule has 0 bridgehead atoms. The Kier molecular flexibility index (Phi) is 4.00. The summed E-state index contributed by atoms with van der Waals surface area (Å²) in [6.45, 7) is 9.32. The molecule has 2 unspecified atom stereocenters. The topological polar surface area (TPSA) is 35.6 Å².